The smallest absolute Gasteiger partial charge is 0.167 e. The van der Waals surface area contributed by atoms with E-state index in [-0.39, 0.29) is 5.76 Å². The number of aliphatic hydroxyl groups is 1. The SMILES string of the molecule is COC1=C(O)CC=C/C1=c1/oc2c(c1C=O)C=CCC=2. The van der Waals surface area contributed by atoms with Crippen molar-refractivity contribution in [2.45, 2.75) is 12.8 Å². The molecule has 0 aliphatic heterocycles. The van der Waals surface area contributed by atoms with Crippen LogP contribution in [0.4, 0.5) is 0 Å². The molecule has 20 heavy (non-hydrogen) atoms. The first-order chi connectivity index (χ1) is 9.76. The molecule has 0 unspecified atom stereocenters. The van der Waals surface area contributed by atoms with Gasteiger partial charge in [-0.25, -0.2) is 0 Å². The Labute approximate surface area is 115 Å². The number of hydrogen-bond donors (Lipinski definition) is 1. The van der Waals surface area contributed by atoms with E-state index in [1.807, 2.05) is 24.3 Å². The number of aldehydes is 1. The second-order valence-corrected chi connectivity index (χ2v) is 4.58. The van der Waals surface area contributed by atoms with Crippen LogP contribution in [0.15, 0.2) is 34.2 Å². The van der Waals surface area contributed by atoms with Crippen molar-refractivity contribution in [3.05, 3.63) is 51.7 Å². The third kappa shape index (κ3) is 1.81. The van der Waals surface area contributed by atoms with Crippen LogP contribution in [0.2, 0.25) is 0 Å². The highest BCUT2D eigenvalue weighted by Gasteiger charge is 2.20. The van der Waals surface area contributed by atoms with E-state index < -0.39 is 0 Å². The Bertz CT molecular complexity index is 772. The van der Waals surface area contributed by atoms with Gasteiger partial charge in [0.1, 0.15) is 16.6 Å². The lowest BCUT2D eigenvalue weighted by Crippen LogP contribution is -2.13. The molecule has 0 spiro atoms. The van der Waals surface area contributed by atoms with Gasteiger partial charge in [0.15, 0.2) is 12.0 Å². The van der Waals surface area contributed by atoms with Crippen LogP contribution < -0.4 is 10.8 Å². The van der Waals surface area contributed by atoms with Crippen LogP contribution in [0.1, 0.15) is 28.8 Å². The molecule has 1 aromatic heterocycles. The molecule has 0 saturated heterocycles. The quantitative estimate of drug-likeness (QED) is 0.833. The van der Waals surface area contributed by atoms with E-state index in [9.17, 15) is 9.90 Å². The highest BCUT2D eigenvalue weighted by atomic mass is 16.5. The first-order valence-electron chi connectivity index (χ1n) is 6.38. The van der Waals surface area contributed by atoms with E-state index in [2.05, 4.69) is 0 Å². The third-order valence-electron chi connectivity index (χ3n) is 3.41. The molecular weight excluding hydrogens is 256 g/mol. The lowest BCUT2D eigenvalue weighted by molar-refractivity contribution is 0.112. The summed E-state index contributed by atoms with van der Waals surface area (Å²) in [5.41, 5.74) is 2.98. The number of fused-ring (bicyclic) bond motifs is 1. The average Bonchev–Trinajstić information content (AvgIpc) is 2.85. The van der Waals surface area contributed by atoms with E-state index in [0.29, 0.717) is 34.1 Å². The molecule has 0 amide bonds. The van der Waals surface area contributed by atoms with Crippen molar-refractivity contribution in [1.29, 1.82) is 0 Å². The van der Waals surface area contributed by atoms with Crippen molar-refractivity contribution < 1.29 is 19.1 Å². The van der Waals surface area contributed by atoms with Crippen LogP contribution in [0.3, 0.4) is 0 Å². The number of carbonyl (C=O) groups excluding carboxylic acids is 1. The van der Waals surface area contributed by atoms with Crippen LogP contribution in [0, 0.1) is 0 Å². The zero-order chi connectivity index (χ0) is 14.1. The van der Waals surface area contributed by atoms with Crippen molar-refractivity contribution in [3.63, 3.8) is 0 Å². The lowest BCUT2D eigenvalue weighted by atomic mass is 10.0. The number of methoxy groups -OCH3 is 1. The molecule has 1 aromatic rings. The van der Waals surface area contributed by atoms with Gasteiger partial charge in [0.05, 0.1) is 18.2 Å². The number of hydrogen-bond acceptors (Lipinski definition) is 4. The Morgan fingerprint density at radius 3 is 2.95 bits per heavy atom. The number of ether oxygens (including phenoxy) is 1. The van der Waals surface area contributed by atoms with Gasteiger partial charge in [-0.1, -0.05) is 24.3 Å². The monoisotopic (exact) mass is 270 g/mol. The van der Waals surface area contributed by atoms with Crippen molar-refractivity contribution in [1.82, 2.24) is 0 Å². The molecule has 1 N–H and O–H groups in total. The number of rotatable bonds is 2. The minimum atomic E-state index is 0.135. The highest BCUT2D eigenvalue weighted by molar-refractivity contribution is 5.86. The van der Waals surface area contributed by atoms with Crippen LogP contribution in [0.25, 0.3) is 17.7 Å². The third-order valence-corrected chi connectivity index (χ3v) is 3.41. The maximum Gasteiger partial charge on any atom is 0.167 e. The largest absolute Gasteiger partial charge is 0.508 e. The highest BCUT2D eigenvalue weighted by Crippen LogP contribution is 2.24. The van der Waals surface area contributed by atoms with Gasteiger partial charge < -0.3 is 14.3 Å². The van der Waals surface area contributed by atoms with Crippen molar-refractivity contribution in [2.24, 2.45) is 0 Å². The first kappa shape index (κ1) is 12.5. The van der Waals surface area contributed by atoms with Gasteiger partial charge in [-0.2, -0.15) is 0 Å². The number of furan rings is 1. The fourth-order valence-corrected chi connectivity index (χ4v) is 2.50. The van der Waals surface area contributed by atoms with Crippen LogP contribution in [0.5, 0.6) is 0 Å². The summed E-state index contributed by atoms with van der Waals surface area (Å²) in [4.78, 5) is 11.4. The van der Waals surface area contributed by atoms with Crippen LogP contribution >= 0.6 is 0 Å². The Morgan fingerprint density at radius 1 is 1.35 bits per heavy atom. The first-order valence-corrected chi connectivity index (χ1v) is 6.38. The van der Waals surface area contributed by atoms with Gasteiger partial charge in [-0.15, -0.1) is 0 Å². The fraction of sp³-hybridized carbons (Fsp3) is 0.188. The summed E-state index contributed by atoms with van der Waals surface area (Å²) >= 11 is 0. The number of carbonyl (C=O) groups is 1. The predicted octanol–water partition coefficient (Wildman–Crippen LogP) is 1.82. The Kier molecular flexibility index (Phi) is 3.06. The molecule has 0 atom stereocenters. The Hall–Kier alpha value is -2.49. The van der Waals surface area contributed by atoms with Crippen molar-refractivity contribution in [3.8, 4) is 0 Å². The van der Waals surface area contributed by atoms with E-state index in [1.54, 1.807) is 6.08 Å². The van der Waals surface area contributed by atoms with Gasteiger partial charge in [-0.05, 0) is 12.5 Å². The van der Waals surface area contributed by atoms with Gasteiger partial charge in [0.25, 0.3) is 0 Å². The normalized spacial score (nSPS) is 19.6. The lowest BCUT2D eigenvalue weighted by Gasteiger charge is -2.12. The minimum absolute atomic E-state index is 0.135. The predicted molar refractivity (Wildman–Crippen MR) is 75.3 cm³/mol. The summed E-state index contributed by atoms with van der Waals surface area (Å²) in [5, 5.41) is 9.90. The molecule has 0 radical (unpaired) electrons. The summed E-state index contributed by atoms with van der Waals surface area (Å²) < 4.78 is 11.0. The molecule has 0 fully saturated rings. The number of aliphatic hydroxyl groups excluding tert-OH is 1. The van der Waals surface area contributed by atoms with Crippen molar-refractivity contribution >= 4 is 24.0 Å². The molecule has 0 bridgehead atoms. The molecule has 0 saturated carbocycles. The second-order valence-electron chi connectivity index (χ2n) is 4.58. The maximum atomic E-state index is 11.4. The molecule has 2 aliphatic carbocycles. The summed E-state index contributed by atoms with van der Waals surface area (Å²) in [6.45, 7) is 0. The summed E-state index contributed by atoms with van der Waals surface area (Å²) in [7, 11) is 1.49. The zero-order valence-electron chi connectivity index (χ0n) is 11.1. The van der Waals surface area contributed by atoms with Crippen LogP contribution in [-0.2, 0) is 4.74 Å². The standard InChI is InChI=1S/C16H14O4/c1-19-16-11(6-4-7-13(16)18)15-12(9-17)10-5-2-3-8-14(10)20-15/h2,4-6,8-9,18H,3,7H2,1H3/b15-11-. The van der Waals surface area contributed by atoms with E-state index in [4.69, 9.17) is 9.15 Å². The molecule has 3 rings (SSSR count). The van der Waals surface area contributed by atoms with Crippen molar-refractivity contribution in [2.75, 3.05) is 7.11 Å². The van der Waals surface area contributed by atoms with E-state index in [0.717, 1.165) is 18.3 Å². The van der Waals surface area contributed by atoms with Crippen LogP contribution in [-0.4, -0.2) is 18.5 Å². The maximum absolute atomic E-state index is 11.4. The summed E-state index contributed by atoms with van der Waals surface area (Å²) in [6, 6.07) is 0. The second kappa shape index (κ2) is 4.89. The molecule has 102 valence electrons. The topological polar surface area (TPSA) is 59.7 Å². The van der Waals surface area contributed by atoms with E-state index in [1.165, 1.54) is 7.11 Å². The molecule has 0 aromatic carbocycles. The minimum Gasteiger partial charge on any atom is -0.508 e. The molecule has 2 aliphatic rings. The van der Waals surface area contributed by atoms with E-state index >= 15 is 0 Å². The molecule has 4 nitrogen and oxygen atoms in total. The summed E-state index contributed by atoms with van der Waals surface area (Å²) in [6.07, 6.45) is 11.4. The molecular formula is C16H14O4. The number of allylic oxidation sites excluding steroid dienone is 3. The fourth-order valence-electron chi connectivity index (χ4n) is 2.50. The summed E-state index contributed by atoms with van der Waals surface area (Å²) in [5.74, 6) is 0.487. The van der Waals surface area contributed by atoms with Gasteiger partial charge in [0.2, 0.25) is 0 Å². The van der Waals surface area contributed by atoms with Gasteiger partial charge >= 0.3 is 0 Å². The molecule has 4 heteroatoms. The van der Waals surface area contributed by atoms with Gasteiger partial charge in [0, 0.05) is 12.0 Å². The Morgan fingerprint density at radius 2 is 2.20 bits per heavy atom. The zero-order valence-corrected chi connectivity index (χ0v) is 11.1. The van der Waals surface area contributed by atoms with Gasteiger partial charge in [-0.3, -0.25) is 4.79 Å². The molecule has 1 heterocycles. The Balaban J connectivity index is 2.40. The average molecular weight is 270 g/mol.